The number of carbonyl (C=O) groups is 1. The summed E-state index contributed by atoms with van der Waals surface area (Å²) in [6.45, 7) is 0.274. The Balaban J connectivity index is 1.49. The first-order chi connectivity index (χ1) is 12.8. The molecule has 0 fully saturated rings. The minimum atomic E-state index is -0.322. The third-order valence-electron chi connectivity index (χ3n) is 4.26. The predicted molar refractivity (Wildman–Crippen MR) is 103 cm³/mol. The lowest BCUT2D eigenvalue weighted by Gasteiger charge is -2.07. The number of carbonyl (C=O) groups excluding carboxylic acids is 1. The Hall–Kier alpha value is -3.46. The highest BCUT2D eigenvalue weighted by Crippen LogP contribution is 2.23. The van der Waals surface area contributed by atoms with E-state index in [-0.39, 0.29) is 12.6 Å². The van der Waals surface area contributed by atoms with Gasteiger partial charge in [0.05, 0.1) is 11.1 Å². The standard InChI is InChI=1S/C23H17NO2/c25-23(26-16-17-6-2-1-3-7-17)19-12-10-18(11-13-19)21-14-20-8-4-5-9-22(20)24-15-21/h1-15H,16H2. The van der Waals surface area contributed by atoms with Crippen molar-refractivity contribution in [3.63, 3.8) is 0 Å². The molecule has 0 saturated heterocycles. The Morgan fingerprint density at radius 1 is 0.808 bits per heavy atom. The van der Waals surface area contributed by atoms with E-state index in [9.17, 15) is 4.79 Å². The van der Waals surface area contributed by atoms with Crippen LogP contribution in [0.1, 0.15) is 15.9 Å². The van der Waals surface area contributed by atoms with Crippen molar-refractivity contribution in [1.82, 2.24) is 4.98 Å². The van der Waals surface area contributed by atoms with Crippen LogP contribution >= 0.6 is 0 Å². The zero-order chi connectivity index (χ0) is 17.8. The lowest BCUT2D eigenvalue weighted by atomic mass is 10.0. The fourth-order valence-corrected chi connectivity index (χ4v) is 2.83. The van der Waals surface area contributed by atoms with Crippen molar-refractivity contribution >= 4 is 16.9 Å². The summed E-state index contributed by atoms with van der Waals surface area (Å²) in [5, 5.41) is 1.09. The van der Waals surface area contributed by atoms with Gasteiger partial charge in [-0.05, 0) is 35.4 Å². The first-order valence-electron chi connectivity index (χ1n) is 8.46. The molecular formula is C23H17NO2. The maximum atomic E-state index is 12.2. The fourth-order valence-electron chi connectivity index (χ4n) is 2.83. The molecule has 0 aliphatic carbocycles. The van der Waals surface area contributed by atoms with Gasteiger partial charge in [-0.1, -0.05) is 60.7 Å². The number of para-hydroxylation sites is 1. The van der Waals surface area contributed by atoms with Crippen molar-refractivity contribution in [2.75, 3.05) is 0 Å². The number of aromatic nitrogens is 1. The van der Waals surface area contributed by atoms with Gasteiger partial charge in [-0.2, -0.15) is 0 Å². The van der Waals surface area contributed by atoms with Crippen LogP contribution in [0.15, 0.2) is 91.1 Å². The van der Waals surface area contributed by atoms with E-state index in [4.69, 9.17) is 4.74 Å². The van der Waals surface area contributed by atoms with Gasteiger partial charge in [0.25, 0.3) is 0 Å². The maximum absolute atomic E-state index is 12.2. The van der Waals surface area contributed by atoms with E-state index >= 15 is 0 Å². The van der Waals surface area contributed by atoms with Crippen molar-refractivity contribution in [2.24, 2.45) is 0 Å². The van der Waals surface area contributed by atoms with Crippen molar-refractivity contribution in [2.45, 2.75) is 6.61 Å². The van der Waals surface area contributed by atoms with Crippen LogP contribution in [0, 0.1) is 0 Å². The average Bonchev–Trinajstić information content (AvgIpc) is 2.72. The third-order valence-corrected chi connectivity index (χ3v) is 4.26. The number of fused-ring (bicyclic) bond motifs is 1. The van der Waals surface area contributed by atoms with Crippen LogP contribution in [0.3, 0.4) is 0 Å². The Bertz CT molecular complexity index is 1040. The molecule has 3 nitrogen and oxygen atoms in total. The second-order valence-corrected chi connectivity index (χ2v) is 6.06. The van der Waals surface area contributed by atoms with Crippen LogP contribution < -0.4 is 0 Å². The van der Waals surface area contributed by atoms with Crippen molar-refractivity contribution in [1.29, 1.82) is 0 Å². The molecule has 0 spiro atoms. The summed E-state index contributed by atoms with van der Waals surface area (Å²) in [5.74, 6) is -0.322. The van der Waals surface area contributed by atoms with Crippen LogP contribution in [-0.2, 0) is 11.3 Å². The monoisotopic (exact) mass is 339 g/mol. The highest BCUT2D eigenvalue weighted by Gasteiger charge is 2.08. The summed E-state index contributed by atoms with van der Waals surface area (Å²) in [6, 6.07) is 27.2. The minimum Gasteiger partial charge on any atom is -0.457 e. The molecule has 4 rings (SSSR count). The molecule has 0 N–H and O–H groups in total. The van der Waals surface area contributed by atoms with Crippen LogP contribution in [0.4, 0.5) is 0 Å². The van der Waals surface area contributed by atoms with E-state index in [0.29, 0.717) is 5.56 Å². The number of pyridine rings is 1. The van der Waals surface area contributed by atoms with Gasteiger partial charge in [0.15, 0.2) is 0 Å². The number of rotatable bonds is 4. The molecule has 0 radical (unpaired) electrons. The highest BCUT2D eigenvalue weighted by atomic mass is 16.5. The van der Waals surface area contributed by atoms with Gasteiger partial charge in [-0.25, -0.2) is 4.79 Å². The molecule has 0 aliphatic heterocycles. The summed E-state index contributed by atoms with van der Waals surface area (Å²) in [5.41, 5.74) is 4.52. The van der Waals surface area contributed by atoms with Gasteiger partial charge >= 0.3 is 5.97 Å². The molecule has 0 aliphatic rings. The van der Waals surface area contributed by atoms with Gasteiger partial charge in [0, 0.05) is 17.1 Å². The molecule has 3 aromatic carbocycles. The normalized spacial score (nSPS) is 10.6. The molecule has 1 aromatic heterocycles. The molecule has 0 unspecified atom stereocenters. The van der Waals surface area contributed by atoms with E-state index in [1.807, 2.05) is 72.9 Å². The molecule has 26 heavy (non-hydrogen) atoms. The summed E-state index contributed by atoms with van der Waals surface area (Å²) in [6.07, 6.45) is 1.85. The molecule has 0 saturated carbocycles. The predicted octanol–water partition coefficient (Wildman–Crippen LogP) is 5.26. The second-order valence-electron chi connectivity index (χ2n) is 6.06. The summed E-state index contributed by atoms with van der Waals surface area (Å²) in [4.78, 5) is 16.7. The van der Waals surface area contributed by atoms with E-state index in [1.165, 1.54) is 0 Å². The van der Waals surface area contributed by atoms with Gasteiger partial charge < -0.3 is 4.74 Å². The van der Waals surface area contributed by atoms with Crippen LogP contribution in [-0.4, -0.2) is 11.0 Å². The Labute approximate surface area is 151 Å². The smallest absolute Gasteiger partial charge is 0.338 e. The fraction of sp³-hybridized carbons (Fsp3) is 0.0435. The largest absolute Gasteiger partial charge is 0.457 e. The molecule has 0 atom stereocenters. The average molecular weight is 339 g/mol. The lowest BCUT2D eigenvalue weighted by Crippen LogP contribution is -2.05. The van der Waals surface area contributed by atoms with E-state index in [1.54, 1.807) is 12.1 Å². The highest BCUT2D eigenvalue weighted by molar-refractivity contribution is 5.90. The molecule has 0 bridgehead atoms. The van der Waals surface area contributed by atoms with Gasteiger partial charge in [-0.3, -0.25) is 4.98 Å². The molecule has 0 amide bonds. The van der Waals surface area contributed by atoms with Crippen molar-refractivity contribution < 1.29 is 9.53 Å². The summed E-state index contributed by atoms with van der Waals surface area (Å²) >= 11 is 0. The van der Waals surface area contributed by atoms with E-state index in [2.05, 4.69) is 11.1 Å². The number of hydrogen-bond donors (Lipinski definition) is 0. The topological polar surface area (TPSA) is 39.2 Å². The number of ether oxygens (including phenoxy) is 1. The van der Waals surface area contributed by atoms with Crippen molar-refractivity contribution in [3.05, 3.63) is 102 Å². The van der Waals surface area contributed by atoms with Crippen LogP contribution in [0.5, 0.6) is 0 Å². The van der Waals surface area contributed by atoms with Gasteiger partial charge in [-0.15, -0.1) is 0 Å². The third kappa shape index (κ3) is 3.47. The first kappa shape index (κ1) is 16.0. The number of esters is 1. The maximum Gasteiger partial charge on any atom is 0.338 e. The summed E-state index contributed by atoms with van der Waals surface area (Å²) in [7, 11) is 0. The SMILES string of the molecule is O=C(OCc1ccccc1)c1ccc(-c2cnc3ccccc3c2)cc1. The lowest BCUT2D eigenvalue weighted by molar-refractivity contribution is 0.0473. The molecule has 1 heterocycles. The van der Waals surface area contributed by atoms with Gasteiger partial charge in [0.1, 0.15) is 6.61 Å². The number of benzene rings is 3. The van der Waals surface area contributed by atoms with Crippen LogP contribution in [0.25, 0.3) is 22.0 Å². The van der Waals surface area contributed by atoms with Crippen molar-refractivity contribution in [3.8, 4) is 11.1 Å². The summed E-state index contributed by atoms with van der Waals surface area (Å²) < 4.78 is 5.37. The first-order valence-corrected chi connectivity index (χ1v) is 8.46. The zero-order valence-corrected chi connectivity index (χ0v) is 14.1. The minimum absolute atomic E-state index is 0.274. The Morgan fingerprint density at radius 3 is 2.35 bits per heavy atom. The number of hydrogen-bond acceptors (Lipinski definition) is 3. The Morgan fingerprint density at radius 2 is 1.54 bits per heavy atom. The van der Waals surface area contributed by atoms with E-state index < -0.39 is 0 Å². The molecule has 3 heteroatoms. The molecule has 4 aromatic rings. The zero-order valence-electron chi connectivity index (χ0n) is 14.1. The van der Waals surface area contributed by atoms with Gasteiger partial charge in [0.2, 0.25) is 0 Å². The van der Waals surface area contributed by atoms with E-state index in [0.717, 1.165) is 27.6 Å². The molecular weight excluding hydrogens is 322 g/mol. The quantitative estimate of drug-likeness (QED) is 0.476. The second kappa shape index (κ2) is 7.19. The molecule has 126 valence electrons. The number of nitrogens with zero attached hydrogens (tertiary/aromatic N) is 1. The Kier molecular flexibility index (Phi) is 4.44. The van der Waals surface area contributed by atoms with Crippen LogP contribution in [0.2, 0.25) is 0 Å².